The van der Waals surface area contributed by atoms with E-state index in [1.54, 1.807) is 0 Å². The zero-order chi connectivity index (χ0) is 19.5. The molecule has 8 nitrogen and oxygen atoms in total. The van der Waals surface area contributed by atoms with E-state index in [1.165, 1.54) is 5.69 Å². The molecule has 1 aliphatic rings. The number of anilines is 5. The molecule has 28 heavy (non-hydrogen) atoms. The molecule has 0 saturated carbocycles. The standard InChI is InChI=1S/C20H25N7O/c1-14-12-18(23-19-13-15(2)28-25-19)24-20(21-14)22-16-4-6-17(7-5-16)27-10-8-26(3)9-11-27/h4-7,12-13H,8-11H2,1-3H3,(H2,21,22,23,24,25). The van der Waals surface area contributed by atoms with Gasteiger partial charge < -0.3 is 25.0 Å². The van der Waals surface area contributed by atoms with Crippen LogP contribution < -0.4 is 15.5 Å². The van der Waals surface area contributed by atoms with E-state index in [-0.39, 0.29) is 0 Å². The van der Waals surface area contributed by atoms with Gasteiger partial charge in [-0.15, -0.1) is 0 Å². The van der Waals surface area contributed by atoms with Crippen molar-refractivity contribution in [3.63, 3.8) is 0 Å². The van der Waals surface area contributed by atoms with Gasteiger partial charge in [-0.1, -0.05) is 5.16 Å². The van der Waals surface area contributed by atoms with Gasteiger partial charge in [0.2, 0.25) is 5.95 Å². The van der Waals surface area contributed by atoms with Gasteiger partial charge in [0.1, 0.15) is 11.6 Å². The van der Waals surface area contributed by atoms with Gasteiger partial charge >= 0.3 is 0 Å². The van der Waals surface area contributed by atoms with Crippen LogP contribution in [-0.2, 0) is 0 Å². The first kappa shape index (κ1) is 18.2. The van der Waals surface area contributed by atoms with E-state index >= 15 is 0 Å². The van der Waals surface area contributed by atoms with Gasteiger partial charge in [-0.3, -0.25) is 0 Å². The Morgan fingerprint density at radius 1 is 0.893 bits per heavy atom. The number of rotatable bonds is 5. The summed E-state index contributed by atoms with van der Waals surface area (Å²) in [5.41, 5.74) is 3.05. The average molecular weight is 379 g/mol. The smallest absolute Gasteiger partial charge is 0.229 e. The van der Waals surface area contributed by atoms with Crippen LogP contribution in [0.4, 0.5) is 29.0 Å². The summed E-state index contributed by atoms with van der Waals surface area (Å²) in [5, 5.41) is 10.4. The van der Waals surface area contributed by atoms with Crippen molar-refractivity contribution in [1.29, 1.82) is 0 Å². The molecule has 1 saturated heterocycles. The molecule has 0 radical (unpaired) electrons. The van der Waals surface area contributed by atoms with E-state index in [0.29, 0.717) is 17.6 Å². The molecule has 2 N–H and O–H groups in total. The summed E-state index contributed by atoms with van der Waals surface area (Å²) in [5.74, 6) is 2.57. The van der Waals surface area contributed by atoms with Crippen molar-refractivity contribution in [2.45, 2.75) is 13.8 Å². The zero-order valence-corrected chi connectivity index (χ0v) is 16.4. The Kier molecular flexibility index (Phi) is 5.12. The van der Waals surface area contributed by atoms with Crippen molar-refractivity contribution in [1.82, 2.24) is 20.0 Å². The molecule has 2 aromatic heterocycles. The summed E-state index contributed by atoms with van der Waals surface area (Å²) >= 11 is 0. The van der Waals surface area contributed by atoms with Crippen LogP contribution in [0.1, 0.15) is 11.5 Å². The molecule has 4 rings (SSSR count). The normalized spacial score (nSPS) is 14.9. The summed E-state index contributed by atoms with van der Waals surface area (Å²) < 4.78 is 5.08. The Hall–Kier alpha value is -3.13. The third kappa shape index (κ3) is 4.40. The summed E-state index contributed by atoms with van der Waals surface area (Å²) in [6, 6.07) is 12.1. The summed E-state index contributed by atoms with van der Waals surface area (Å²) in [7, 11) is 2.17. The van der Waals surface area contributed by atoms with Gasteiger partial charge in [-0.05, 0) is 45.2 Å². The van der Waals surface area contributed by atoms with E-state index in [0.717, 1.165) is 43.3 Å². The van der Waals surface area contributed by atoms with Crippen LogP contribution in [0, 0.1) is 13.8 Å². The van der Waals surface area contributed by atoms with Crippen LogP contribution in [0.15, 0.2) is 40.9 Å². The van der Waals surface area contributed by atoms with Crippen molar-refractivity contribution in [3.8, 4) is 0 Å². The molecule has 0 aliphatic carbocycles. The largest absolute Gasteiger partial charge is 0.369 e. The maximum Gasteiger partial charge on any atom is 0.229 e. The lowest BCUT2D eigenvalue weighted by Crippen LogP contribution is -2.44. The van der Waals surface area contributed by atoms with Gasteiger partial charge in [0.05, 0.1) is 0 Å². The SMILES string of the molecule is Cc1cc(Nc2cc(C)on2)nc(Nc2ccc(N3CCN(C)CC3)cc2)n1. The molecule has 0 atom stereocenters. The quantitative estimate of drug-likeness (QED) is 0.699. The minimum atomic E-state index is 0.537. The van der Waals surface area contributed by atoms with Crippen LogP contribution >= 0.6 is 0 Å². The number of nitrogens with one attached hydrogen (secondary N) is 2. The van der Waals surface area contributed by atoms with Gasteiger partial charge in [0.25, 0.3) is 0 Å². The van der Waals surface area contributed by atoms with Crippen LogP contribution in [0.2, 0.25) is 0 Å². The lowest BCUT2D eigenvalue weighted by Gasteiger charge is -2.34. The molecule has 1 aliphatic heterocycles. The number of aromatic nitrogens is 3. The van der Waals surface area contributed by atoms with Gasteiger partial charge in [0.15, 0.2) is 5.82 Å². The van der Waals surface area contributed by atoms with Crippen molar-refractivity contribution in [2.75, 3.05) is 48.8 Å². The number of aryl methyl sites for hydroxylation is 2. The van der Waals surface area contributed by atoms with E-state index in [1.807, 2.05) is 26.0 Å². The molecule has 0 bridgehead atoms. The molecule has 0 spiro atoms. The van der Waals surface area contributed by atoms with Gasteiger partial charge in [-0.25, -0.2) is 4.98 Å². The number of hydrogen-bond donors (Lipinski definition) is 2. The van der Waals surface area contributed by atoms with Crippen LogP contribution in [0.25, 0.3) is 0 Å². The summed E-state index contributed by atoms with van der Waals surface area (Å²) in [4.78, 5) is 13.8. The number of likely N-dealkylation sites (N-methyl/N-ethyl adjacent to an activating group) is 1. The fourth-order valence-corrected chi connectivity index (χ4v) is 3.19. The Morgan fingerprint density at radius 2 is 1.64 bits per heavy atom. The van der Waals surface area contributed by atoms with Crippen molar-refractivity contribution in [3.05, 3.63) is 47.9 Å². The zero-order valence-electron chi connectivity index (χ0n) is 16.4. The molecule has 3 heterocycles. The second-order valence-corrected chi connectivity index (χ2v) is 7.13. The highest BCUT2D eigenvalue weighted by molar-refractivity contribution is 5.61. The van der Waals surface area contributed by atoms with E-state index in [9.17, 15) is 0 Å². The Balaban J connectivity index is 1.45. The number of piperazine rings is 1. The summed E-state index contributed by atoms with van der Waals surface area (Å²) in [6.07, 6.45) is 0. The molecule has 8 heteroatoms. The van der Waals surface area contributed by atoms with Crippen molar-refractivity contribution in [2.24, 2.45) is 0 Å². The second kappa shape index (κ2) is 7.85. The first-order valence-corrected chi connectivity index (χ1v) is 9.42. The molecule has 146 valence electrons. The highest BCUT2D eigenvalue weighted by Crippen LogP contribution is 2.22. The van der Waals surface area contributed by atoms with E-state index in [2.05, 4.69) is 66.9 Å². The third-order valence-electron chi connectivity index (χ3n) is 4.73. The Morgan fingerprint density at radius 3 is 2.32 bits per heavy atom. The van der Waals surface area contributed by atoms with Crippen molar-refractivity contribution < 1.29 is 4.52 Å². The van der Waals surface area contributed by atoms with E-state index in [4.69, 9.17) is 4.52 Å². The van der Waals surface area contributed by atoms with Gasteiger partial charge in [-0.2, -0.15) is 4.98 Å². The molecule has 1 aromatic carbocycles. The lowest BCUT2D eigenvalue weighted by atomic mass is 10.2. The second-order valence-electron chi connectivity index (χ2n) is 7.13. The highest BCUT2D eigenvalue weighted by Gasteiger charge is 2.14. The molecule has 0 unspecified atom stereocenters. The number of benzene rings is 1. The first-order chi connectivity index (χ1) is 13.5. The monoisotopic (exact) mass is 379 g/mol. The fourth-order valence-electron chi connectivity index (χ4n) is 3.19. The van der Waals surface area contributed by atoms with Crippen LogP contribution in [0.5, 0.6) is 0 Å². The molecule has 3 aromatic rings. The first-order valence-electron chi connectivity index (χ1n) is 9.42. The molecule has 1 fully saturated rings. The topological polar surface area (TPSA) is 82.3 Å². The Bertz CT molecular complexity index is 930. The minimum Gasteiger partial charge on any atom is -0.369 e. The predicted molar refractivity (Wildman–Crippen MR) is 111 cm³/mol. The van der Waals surface area contributed by atoms with E-state index < -0.39 is 0 Å². The number of hydrogen-bond acceptors (Lipinski definition) is 8. The average Bonchev–Trinajstić information content (AvgIpc) is 3.07. The fraction of sp³-hybridized carbons (Fsp3) is 0.350. The lowest BCUT2D eigenvalue weighted by molar-refractivity contribution is 0.313. The number of nitrogens with zero attached hydrogens (tertiary/aromatic N) is 5. The molecular weight excluding hydrogens is 354 g/mol. The predicted octanol–water partition coefficient (Wildman–Crippen LogP) is 3.32. The minimum absolute atomic E-state index is 0.537. The van der Waals surface area contributed by atoms with Crippen LogP contribution in [-0.4, -0.2) is 53.3 Å². The maximum atomic E-state index is 5.08. The molecule has 0 amide bonds. The molecular formula is C20H25N7O. The highest BCUT2D eigenvalue weighted by atomic mass is 16.5. The van der Waals surface area contributed by atoms with Crippen molar-refractivity contribution >= 4 is 29.0 Å². The Labute approximate surface area is 164 Å². The van der Waals surface area contributed by atoms with Gasteiger partial charge in [0, 0.05) is 55.4 Å². The summed E-state index contributed by atoms with van der Waals surface area (Å²) in [6.45, 7) is 8.09. The maximum absolute atomic E-state index is 5.08. The van der Waals surface area contributed by atoms with Crippen LogP contribution in [0.3, 0.4) is 0 Å². The third-order valence-corrected chi connectivity index (χ3v) is 4.73.